The molecule has 0 spiro atoms. The monoisotopic (exact) mass is 364 g/mol. The molecule has 0 saturated carbocycles. The minimum Gasteiger partial charge on any atom is -0.486 e. The summed E-state index contributed by atoms with van der Waals surface area (Å²) in [5.74, 6) is 0.242. The highest BCUT2D eigenvalue weighted by Crippen LogP contribution is 2.43. The van der Waals surface area contributed by atoms with Crippen molar-refractivity contribution < 1.29 is 14.6 Å². The average molecular weight is 365 g/mol. The number of benzene rings is 1. The van der Waals surface area contributed by atoms with Crippen LogP contribution in [0.4, 0.5) is 0 Å². The Hall–Kier alpha value is -0.330. The van der Waals surface area contributed by atoms with Crippen LogP contribution in [0.15, 0.2) is 15.9 Å². The molecule has 1 heterocycles. The molecule has 2 rings (SSSR count). The van der Waals surface area contributed by atoms with Gasteiger partial charge in [0.2, 0.25) is 0 Å². The molecule has 0 aromatic heterocycles. The lowest BCUT2D eigenvalue weighted by Crippen LogP contribution is -2.17. The molecule has 3 nitrogen and oxygen atoms in total. The number of aliphatic hydroxyl groups excluding tert-OH is 1. The van der Waals surface area contributed by atoms with E-state index in [0.717, 1.165) is 5.56 Å². The van der Waals surface area contributed by atoms with Crippen LogP contribution in [0, 0.1) is 0 Å². The van der Waals surface area contributed by atoms with E-state index in [2.05, 4.69) is 12.6 Å². The van der Waals surface area contributed by atoms with Crippen molar-refractivity contribution in [2.45, 2.75) is 19.4 Å². The van der Waals surface area contributed by atoms with Crippen molar-refractivity contribution in [3.8, 4) is 5.75 Å². The third-order valence-electron chi connectivity index (χ3n) is 3.27. The van der Waals surface area contributed by atoms with Crippen molar-refractivity contribution in [3.63, 3.8) is 0 Å². The van der Waals surface area contributed by atoms with E-state index in [1.54, 1.807) is 13.0 Å². The number of aliphatic hydroxyl groups is 1. The lowest BCUT2D eigenvalue weighted by Gasteiger charge is -2.11. The molecule has 0 bridgehead atoms. The molecule has 7 heteroatoms. The first-order valence-corrected chi connectivity index (χ1v) is 8.60. The maximum absolute atomic E-state index is 12.5. The highest BCUT2D eigenvalue weighted by molar-refractivity contribution is 8.15. The Morgan fingerprint density at radius 2 is 2.19 bits per heavy atom. The van der Waals surface area contributed by atoms with E-state index in [1.165, 1.54) is 11.8 Å². The fourth-order valence-corrected chi connectivity index (χ4v) is 3.11. The molecule has 1 aromatic carbocycles. The van der Waals surface area contributed by atoms with Gasteiger partial charge in [-0.2, -0.15) is 0 Å². The predicted octanol–water partition coefficient (Wildman–Crippen LogP) is 4.00. The Kier molecular flexibility index (Phi) is 5.54. The topological polar surface area (TPSA) is 46.5 Å². The molecule has 0 fully saturated rings. The number of ketones is 1. The minimum atomic E-state index is -0.345. The molecular formula is C14H14Cl2O3S2. The summed E-state index contributed by atoms with van der Waals surface area (Å²) in [6, 6.07) is 1.69. The van der Waals surface area contributed by atoms with Crippen LogP contribution >= 0.6 is 47.6 Å². The van der Waals surface area contributed by atoms with Gasteiger partial charge in [-0.3, -0.25) is 4.79 Å². The zero-order valence-electron chi connectivity index (χ0n) is 11.4. The molecule has 114 valence electrons. The van der Waals surface area contributed by atoms with Crippen LogP contribution in [0.1, 0.15) is 22.8 Å². The van der Waals surface area contributed by atoms with E-state index in [4.69, 9.17) is 27.9 Å². The van der Waals surface area contributed by atoms with Gasteiger partial charge in [0, 0.05) is 27.4 Å². The van der Waals surface area contributed by atoms with Crippen molar-refractivity contribution in [2.75, 3.05) is 12.9 Å². The fraction of sp³-hybridized carbons (Fsp3) is 0.357. The van der Waals surface area contributed by atoms with Crippen LogP contribution in [0.2, 0.25) is 10.0 Å². The third kappa shape index (κ3) is 3.22. The van der Waals surface area contributed by atoms with Gasteiger partial charge < -0.3 is 9.84 Å². The molecule has 0 saturated heterocycles. The minimum absolute atomic E-state index is 0.113. The third-order valence-corrected chi connectivity index (χ3v) is 5.70. The average Bonchev–Trinajstić information content (AvgIpc) is 2.92. The summed E-state index contributed by atoms with van der Waals surface area (Å²) in [4.78, 5) is 12.5. The van der Waals surface area contributed by atoms with Crippen molar-refractivity contribution in [2.24, 2.45) is 0 Å². The largest absolute Gasteiger partial charge is 0.486 e. The number of allylic oxidation sites excluding steroid dienone is 1. The first kappa shape index (κ1) is 17.0. The molecule has 21 heavy (non-hydrogen) atoms. The van der Waals surface area contributed by atoms with Gasteiger partial charge in [-0.1, -0.05) is 23.2 Å². The maximum atomic E-state index is 12.5. The van der Waals surface area contributed by atoms with Crippen LogP contribution in [0.25, 0.3) is 0 Å². The Morgan fingerprint density at radius 3 is 2.76 bits per heavy atom. The van der Waals surface area contributed by atoms with Crippen molar-refractivity contribution in [3.05, 3.63) is 37.0 Å². The lowest BCUT2D eigenvalue weighted by molar-refractivity contribution is 0.103. The van der Waals surface area contributed by atoms with Gasteiger partial charge in [0.05, 0.1) is 11.6 Å². The summed E-state index contributed by atoms with van der Waals surface area (Å²) >= 11 is 18.1. The van der Waals surface area contributed by atoms with Gasteiger partial charge in [0.1, 0.15) is 16.9 Å². The number of halogens is 2. The molecule has 0 radical (unpaired) electrons. The molecule has 1 N–H and O–H groups in total. The number of carbonyl (C=O) groups excluding carboxylic acids is 1. The summed E-state index contributed by atoms with van der Waals surface area (Å²) in [5, 5.41) is 9.56. The zero-order valence-corrected chi connectivity index (χ0v) is 14.7. The molecule has 1 aliphatic heterocycles. The molecule has 0 aliphatic carbocycles. The maximum Gasteiger partial charge on any atom is 0.191 e. The second-order valence-corrected chi connectivity index (χ2v) is 6.95. The number of thiol groups is 1. The molecule has 1 atom stereocenters. The Labute approximate surface area is 143 Å². The Balaban J connectivity index is 2.49. The quantitative estimate of drug-likeness (QED) is 0.481. The Morgan fingerprint density at radius 1 is 1.52 bits per heavy atom. The highest BCUT2D eigenvalue weighted by atomic mass is 35.5. The van der Waals surface area contributed by atoms with Crippen molar-refractivity contribution >= 4 is 53.4 Å². The number of hydrogen-bond donors (Lipinski definition) is 2. The van der Waals surface area contributed by atoms with Crippen LogP contribution < -0.4 is 4.74 Å². The summed E-state index contributed by atoms with van der Waals surface area (Å²) in [5.41, 5.74) is 1.63. The van der Waals surface area contributed by atoms with E-state index in [9.17, 15) is 9.90 Å². The van der Waals surface area contributed by atoms with Gasteiger partial charge in [0.25, 0.3) is 0 Å². The van der Waals surface area contributed by atoms with E-state index >= 15 is 0 Å². The predicted molar refractivity (Wildman–Crippen MR) is 91.2 cm³/mol. The van der Waals surface area contributed by atoms with Crippen LogP contribution in [0.3, 0.4) is 0 Å². The van der Waals surface area contributed by atoms with Gasteiger partial charge >= 0.3 is 0 Å². The number of carbonyl (C=O) groups is 1. The number of fused-ring (bicyclic) bond motifs is 1. The second kappa shape index (κ2) is 6.84. The SMILES string of the molecule is CSC(S)=C(C)C(=O)c1cc2c(c(Cl)c1Cl)OC(CO)C2. The smallest absolute Gasteiger partial charge is 0.191 e. The number of ether oxygens (including phenoxy) is 1. The molecule has 1 aromatic rings. The molecule has 1 unspecified atom stereocenters. The highest BCUT2D eigenvalue weighted by Gasteiger charge is 2.29. The number of thioether (sulfide) groups is 1. The van der Waals surface area contributed by atoms with Crippen molar-refractivity contribution in [1.29, 1.82) is 0 Å². The normalized spacial score (nSPS) is 18.1. The second-order valence-electron chi connectivity index (χ2n) is 4.63. The van der Waals surface area contributed by atoms with Gasteiger partial charge in [-0.15, -0.1) is 24.4 Å². The summed E-state index contributed by atoms with van der Waals surface area (Å²) in [6.45, 7) is 1.59. The number of Topliss-reactive ketones (excluding diaryl/α,β-unsaturated/α-hetero) is 1. The van der Waals surface area contributed by atoms with Crippen molar-refractivity contribution in [1.82, 2.24) is 0 Å². The Bertz CT molecular complexity index is 629. The zero-order chi connectivity index (χ0) is 15.7. The molecular weight excluding hydrogens is 351 g/mol. The summed E-state index contributed by atoms with van der Waals surface area (Å²) in [6.07, 6.45) is 2.00. The summed E-state index contributed by atoms with van der Waals surface area (Å²) in [7, 11) is 0. The molecule has 1 aliphatic rings. The van der Waals surface area contributed by atoms with Crippen LogP contribution in [-0.4, -0.2) is 29.9 Å². The van der Waals surface area contributed by atoms with Crippen LogP contribution in [0.5, 0.6) is 5.75 Å². The number of rotatable bonds is 4. The van der Waals surface area contributed by atoms with Gasteiger partial charge in [-0.25, -0.2) is 0 Å². The first-order valence-electron chi connectivity index (χ1n) is 6.17. The van der Waals surface area contributed by atoms with E-state index in [-0.39, 0.29) is 28.5 Å². The molecule has 0 amide bonds. The first-order chi connectivity index (χ1) is 9.90. The number of hydrogen-bond acceptors (Lipinski definition) is 5. The van der Waals surface area contributed by atoms with E-state index in [1.807, 2.05) is 6.26 Å². The van der Waals surface area contributed by atoms with Gasteiger partial charge in [-0.05, 0) is 19.2 Å². The van der Waals surface area contributed by atoms with E-state index in [0.29, 0.717) is 27.5 Å². The summed E-state index contributed by atoms with van der Waals surface area (Å²) < 4.78 is 6.16. The van der Waals surface area contributed by atoms with E-state index < -0.39 is 0 Å². The van der Waals surface area contributed by atoms with Gasteiger partial charge in [0.15, 0.2) is 5.78 Å². The standard InChI is InChI=1S/C14H14Cl2O3S2/c1-6(14(20)21-2)12(18)9-4-7-3-8(5-17)19-13(7)11(16)10(9)15/h4,8,17,20H,3,5H2,1-2H3. The van der Waals surface area contributed by atoms with Crippen LogP contribution in [-0.2, 0) is 6.42 Å². The lowest BCUT2D eigenvalue weighted by atomic mass is 10.0. The fourth-order valence-electron chi connectivity index (χ4n) is 2.11.